The molecule has 51 heavy (non-hydrogen) atoms. The summed E-state index contributed by atoms with van der Waals surface area (Å²) in [7, 11) is 1.16. The number of fused-ring (bicyclic) bond motifs is 1. The molecule has 2 heterocycles. The molecular formula is C36H53ClN6O8. The highest BCUT2D eigenvalue weighted by molar-refractivity contribution is 6.31. The molecule has 0 unspecified atom stereocenters. The predicted molar refractivity (Wildman–Crippen MR) is 193 cm³/mol. The number of esters is 2. The Kier molecular flexibility index (Phi) is 14.9. The first-order chi connectivity index (χ1) is 23.9. The minimum atomic E-state index is -1.43. The summed E-state index contributed by atoms with van der Waals surface area (Å²) >= 11 is 6.59. The van der Waals surface area contributed by atoms with Crippen LogP contribution in [0.15, 0.2) is 24.3 Å². The number of ether oxygens (including phenoxy) is 2. The Bertz CT molecular complexity index is 1560. The Labute approximate surface area is 304 Å². The number of nitrogens with one attached hydrogen (secondary N) is 6. The summed E-state index contributed by atoms with van der Waals surface area (Å²) in [6.07, 6.45) is 1.10. The summed E-state index contributed by atoms with van der Waals surface area (Å²) in [5, 5.41) is 15.1. The van der Waals surface area contributed by atoms with Crippen molar-refractivity contribution in [1.29, 1.82) is 0 Å². The number of H-pyrrole nitrogens is 1. The van der Waals surface area contributed by atoms with Crippen molar-refractivity contribution in [3.05, 3.63) is 35.0 Å². The molecule has 1 aromatic carbocycles. The van der Waals surface area contributed by atoms with Crippen LogP contribution in [0.5, 0.6) is 0 Å². The van der Waals surface area contributed by atoms with Crippen molar-refractivity contribution in [3.8, 4) is 0 Å². The van der Waals surface area contributed by atoms with E-state index in [1.165, 1.54) is 0 Å². The summed E-state index contributed by atoms with van der Waals surface area (Å²) in [6.45, 7) is 13.0. The van der Waals surface area contributed by atoms with E-state index in [0.717, 1.165) is 13.5 Å². The lowest BCUT2D eigenvalue weighted by molar-refractivity contribution is -0.161. The molecule has 1 aliphatic rings. The average Bonchev–Trinajstić information content (AvgIpc) is 3.69. The number of benzene rings is 1. The Morgan fingerprint density at radius 3 is 2.12 bits per heavy atom. The summed E-state index contributed by atoms with van der Waals surface area (Å²) in [5.41, 5.74) is 0.312. The van der Waals surface area contributed by atoms with Gasteiger partial charge in [0.15, 0.2) is 0 Å². The Hall–Kier alpha value is -4.17. The average molecular weight is 733 g/mol. The van der Waals surface area contributed by atoms with Gasteiger partial charge in [-0.25, -0.2) is 4.79 Å². The third kappa shape index (κ3) is 12.2. The van der Waals surface area contributed by atoms with Gasteiger partial charge in [-0.2, -0.15) is 0 Å². The van der Waals surface area contributed by atoms with Crippen LogP contribution in [0.2, 0.25) is 5.15 Å². The van der Waals surface area contributed by atoms with Gasteiger partial charge in [0.05, 0.1) is 19.6 Å². The van der Waals surface area contributed by atoms with Crippen LogP contribution in [0.1, 0.15) is 79.7 Å². The quantitative estimate of drug-likeness (QED) is 0.141. The van der Waals surface area contributed by atoms with Crippen molar-refractivity contribution in [3.63, 3.8) is 0 Å². The van der Waals surface area contributed by atoms with E-state index < -0.39 is 71.9 Å². The van der Waals surface area contributed by atoms with Gasteiger partial charge in [0.1, 0.15) is 34.9 Å². The number of carbonyl (C=O) groups is 6. The van der Waals surface area contributed by atoms with Crippen LogP contribution in [-0.2, 0) is 44.7 Å². The van der Waals surface area contributed by atoms with Crippen LogP contribution in [0.4, 0.5) is 0 Å². The minimum absolute atomic E-state index is 0.0530. The predicted octanol–water partition coefficient (Wildman–Crippen LogP) is 2.66. The summed E-state index contributed by atoms with van der Waals surface area (Å²) in [6, 6.07) is 2.09. The molecule has 0 spiro atoms. The number of amides is 4. The maximum atomic E-state index is 14.1. The molecule has 0 radical (unpaired) electrons. The van der Waals surface area contributed by atoms with Crippen molar-refractivity contribution in [1.82, 2.24) is 31.6 Å². The summed E-state index contributed by atoms with van der Waals surface area (Å²) < 4.78 is 10.2. The molecule has 2 aromatic rings. The van der Waals surface area contributed by atoms with Crippen LogP contribution >= 0.6 is 11.6 Å². The molecule has 1 aliphatic heterocycles. The number of carbonyl (C=O) groups excluding carboxylic acids is 6. The molecule has 3 rings (SSSR count). The molecular weight excluding hydrogens is 680 g/mol. The molecule has 6 N–H and O–H groups in total. The maximum absolute atomic E-state index is 14.1. The fourth-order valence-corrected chi connectivity index (χ4v) is 6.08. The van der Waals surface area contributed by atoms with E-state index in [1.807, 2.05) is 32.0 Å². The Balaban J connectivity index is 1.93. The number of hydrogen-bond acceptors (Lipinski definition) is 9. The van der Waals surface area contributed by atoms with Gasteiger partial charge in [-0.3, -0.25) is 24.0 Å². The first-order valence-corrected chi connectivity index (χ1v) is 17.8. The van der Waals surface area contributed by atoms with E-state index in [2.05, 4.69) is 31.6 Å². The molecule has 0 bridgehead atoms. The van der Waals surface area contributed by atoms with Crippen LogP contribution < -0.4 is 26.6 Å². The number of aromatic amines is 1. The van der Waals surface area contributed by atoms with Crippen LogP contribution in [0, 0.1) is 11.8 Å². The van der Waals surface area contributed by atoms with Gasteiger partial charge >= 0.3 is 11.9 Å². The molecule has 4 amide bonds. The first kappa shape index (κ1) is 41.3. The zero-order chi connectivity index (χ0) is 38.0. The van der Waals surface area contributed by atoms with Crippen molar-refractivity contribution < 1.29 is 38.2 Å². The normalized spacial score (nSPS) is 17.0. The van der Waals surface area contributed by atoms with Gasteiger partial charge in [-0.05, 0) is 70.0 Å². The Morgan fingerprint density at radius 2 is 1.53 bits per heavy atom. The molecule has 0 aliphatic carbocycles. The van der Waals surface area contributed by atoms with E-state index in [-0.39, 0.29) is 35.7 Å². The molecule has 1 aromatic heterocycles. The second-order valence-electron chi connectivity index (χ2n) is 14.7. The Morgan fingerprint density at radius 1 is 0.902 bits per heavy atom. The number of aromatic nitrogens is 1. The largest absolute Gasteiger partial charge is 0.469 e. The van der Waals surface area contributed by atoms with Gasteiger partial charge < -0.3 is 41.0 Å². The highest BCUT2D eigenvalue weighted by Crippen LogP contribution is 2.27. The maximum Gasteiger partial charge on any atom is 0.329 e. The topological polar surface area (TPSA) is 197 Å². The summed E-state index contributed by atoms with van der Waals surface area (Å²) in [5.74, 6) is -4.26. The molecule has 282 valence electrons. The zero-order valence-corrected chi connectivity index (χ0v) is 31.5. The van der Waals surface area contributed by atoms with Crippen LogP contribution in [0.25, 0.3) is 10.9 Å². The second-order valence-corrected chi connectivity index (χ2v) is 15.1. The number of hydrogen-bond donors (Lipinski definition) is 6. The number of halogens is 1. The molecule has 1 saturated heterocycles. The lowest BCUT2D eigenvalue weighted by Gasteiger charge is -2.29. The van der Waals surface area contributed by atoms with Crippen molar-refractivity contribution >= 4 is 58.1 Å². The first-order valence-electron chi connectivity index (χ1n) is 17.4. The van der Waals surface area contributed by atoms with Crippen molar-refractivity contribution in [2.75, 3.05) is 13.7 Å². The van der Waals surface area contributed by atoms with Crippen LogP contribution in [0.3, 0.4) is 0 Å². The van der Waals surface area contributed by atoms with Gasteiger partial charge in [-0.15, -0.1) is 0 Å². The molecule has 15 heteroatoms. The lowest BCUT2D eigenvalue weighted by atomic mass is 9.98. The number of methoxy groups -OCH3 is 1. The van der Waals surface area contributed by atoms with Gasteiger partial charge in [0, 0.05) is 17.3 Å². The third-order valence-electron chi connectivity index (χ3n) is 8.37. The van der Waals surface area contributed by atoms with E-state index in [4.69, 9.17) is 21.1 Å². The fraction of sp³-hybridized carbons (Fsp3) is 0.611. The smallest absolute Gasteiger partial charge is 0.329 e. The number of para-hydroxylation sites is 1. The van der Waals surface area contributed by atoms with Gasteiger partial charge in [-0.1, -0.05) is 57.5 Å². The van der Waals surface area contributed by atoms with E-state index >= 15 is 0 Å². The lowest BCUT2D eigenvalue weighted by Crippen LogP contribution is -2.60. The fourth-order valence-electron chi connectivity index (χ4n) is 5.80. The van der Waals surface area contributed by atoms with E-state index in [1.54, 1.807) is 40.7 Å². The summed E-state index contributed by atoms with van der Waals surface area (Å²) in [4.78, 5) is 83.1. The monoisotopic (exact) mass is 732 g/mol. The van der Waals surface area contributed by atoms with Gasteiger partial charge in [0.25, 0.3) is 0 Å². The molecule has 14 nitrogen and oxygen atoms in total. The van der Waals surface area contributed by atoms with E-state index in [9.17, 15) is 28.8 Å². The molecule has 1 fully saturated rings. The van der Waals surface area contributed by atoms with Gasteiger partial charge in [0.2, 0.25) is 23.6 Å². The minimum Gasteiger partial charge on any atom is -0.469 e. The van der Waals surface area contributed by atoms with Crippen LogP contribution in [-0.4, -0.2) is 90.0 Å². The standard InChI is InChI=1S/C36H53ClN6O8/c1-19(2)16-25(41-34(48)29(20(3)4)43-31(45)24-14-11-15-38-24)32(46)40-26(17-22-21-12-9-10-13-23(21)39-30(22)37)33(47)42-27(18-28(44)50-8)35(49)51-36(5,6)7/h9-10,12-13,19-20,24-27,29,38-39H,11,14-18H2,1-8H3,(H,40,46)(H,41,48)(H,42,47)(H,43,45)/t24-,25-,26+,27+,29+/m0/s1. The van der Waals surface area contributed by atoms with E-state index in [0.29, 0.717) is 29.4 Å². The molecule has 5 atom stereocenters. The number of rotatable bonds is 16. The third-order valence-corrected chi connectivity index (χ3v) is 8.70. The molecule has 0 saturated carbocycles. The highest BCUT2D eigenvalue weighted by atomic mass is 35.5. The highest BCUT2D eigenvalue weighted by Gasteiger charge is 2.36. The second kappa shape index (κ2) is 18.4. The SMILES string of the molecule is COC(=O)C[C@@H](NC(=O)[C@@H](Cc1c(Cl)[nH]c2ccccc12)NC(=O)[C@H](CC(C)C)NC(=O)[C@H](NC(=O)[C@@H]1CCCN1)C(C)C)C(=O)OC(C)(C)C. The zero-order valence-electron chi connectivity index (χ0n) is 30.7. The van der Waals surface area contributed by atoms with Crippen molar-refractivity contribution in [2.24, 2.45) is 11.8 Å². The van der Waals surface area contributed by atoms with Crippen molar-refractivity contribution in [2.45, 2.75) is 116 Å².